The number of hydrogen-bond donors (Lipinski definition) is 0. The molecule has 5 heteroatoms. The molecule has 0 N–H and O–H groups in total. The molecule has 0 aliphatic heterocycles. The minimum absolute atomic E-state index is 0.187. The fourth-order valence-electron chi connectivity index (χ4n) is 1.09. The van der Waals surface area contributed by atoms with Crippen molar-refractivity contribution < 1.29 is 23.5 Å². The number of carbonyl (C=O) groups is 2. The molecule has 0 fully saturated rings. The number of aryl methyl sites for hydroxylation is 1. The average molecular weight is 226 g/mol. The Kier molecular flexibility index (Phi) is 5.11. The van der Waals surface area contributed by atoms with E-state index in [1.165, 1.54) is 0 Å². The maximum atomic E-state index is 11.2. The first-order valence-electron chi connectivity index (χ1n) is 5.06. The molecule has 1 aromatic rings. The van der Waals surface area contributed by atoms with E-state index in [4.69, 9.17) is 9.15 Å². The SMILES string of the molecule is CCOC(=O)COC(=O)CCc1ccco1. The number of carbonyl (C=O) groups excluding carboxylic acids is 2. The molecule has 0 saturated heterocycles. The van der Waals surface area contributed by atoms with Crippen LogP contribution < -0.4 is 0 Å². The normalized spacial score (nSPS) is 9.81. The van der Waals surface area contributed by atoms with Crippen LogP contribution >= 0.6 is 0 Å². The van der Waals surface area contributed by atoms with E-state index < -0.39 is 11.9 Å². The quantitative estimate of drug-likeness (QED) is 0.684. The Morgan fingerprint density at radius 3 is 2.75 bits per heavy atom. The molecule has 0 spiro atoms. The third-order valence-corrected chi connectivity index (χ3v) is 1.81. The predicted octanol–water partition coefficient (Wildman–Crippen LogP) is 1.32. The molecule has 88 valence electrons. The van der Waals surface area contributed by atoms with E-state index in [0.717, 1.165) is 0 Å². The topological polar surface area (TPSA) is 65.7 Å². The number of esters is 2. The first-order chi connectivity index (χ1) is 7.72. The van der Waals surface area contributed by atoms with Crippen molar-refractivity contribution in [1.29, 1.82) is 0 Å². The summed E-state index contributed by atoms with van der Waals surface area (Å²) in [6, 6.07) is 3.53. The maximum absolute atomic E-state index is 11.2. The van der Waals surface area contributed by atoms with Crippen molar-refractivity contribution in [3.05, 3.63) is 24.2 Å². The Bertz CT molecular complexity index is 328. The number of hydrogen-bond acceptors (Lipinski definition) is 5. The lowest BCUT2D eigenvalue weighted by molar-refractivity contribution is -0.158. The third kappa shape index (κ3) is 4.63. The first kappa shape index (κ1) is 12.3. The zero-order chi connectivity index (χ0) is 11.8. The lowest BCUT2D eigenvalue weighted by atomic mass is 10.2. The van der Waals surface area contributed by atoms with Gasteiger partial charge >= 0.3 is 11.9 Å². The lowest BCUT2D eigenvalue weighted by Crippen LogP contribution is -2.16. The van der Waals surface area contributed by atoms with Gasteiger partial charge in [0, 0.05) is 6.42 Å². The summed E-state index contributed by atoms with van der Waals surface area (Å²) in [4.78, 5) is 22.0. The van der Waals surface area contributed by atoms with Gasteiger partial charge in [-0.3, -0.25) is 4.79 Å². The summed E-state index contributed by atoms with van der Waals surface area (Å²) in [5.41, 5.74) is 0. The highest BCUT2D eigenvalue weighted by Crippen LogP contribution is 2.04. The summed E-state index contributed by atoms with van der Waals surface area (Å²) in [7, 11) is 0. The second-order valence-electron chi connectivity index (χ2n) is 3.05. The minimum Gasteiger partial charge on any atom is -0.469 e. The summed E-state index contributed by atoms with van der Waals surface area (Å²) in [5, 5.41) is 0. The van der Waals surface area contributed by atoms with Gasteiger partial charge in [0.2, 0.25) is 0 Å². The number of ether oxygens (including phenoxy) is 2. The molecule has 0 amide bonds. The molecule has 0 atom stereocenters. The van der Waals surface area contributed by atoms with Crippen molar-refractivity contribution in [1.82, 2.24) is 0 Å². The van der Waals surface area contributed by atoms with Gasteiger partial charge < -0.3 is 13.9 Å². The van der Waals surface area contributed by atoms with Crippen molar-refractivity contribution in [3.8, 4) is 0 Å². The largest absolute Gasteiger partial charge is 0.469 e. The van der Waals surface area contributed by atoms with Crippen LogP contribution in [-0.4, -0.2) is 25.2 Å². The molecule has 0 radical (unpaired) electrons. The average Bonchev–Trinajstić information content (AvgIpc) is 2.77. The zero-order valence-corrected chi connectivity index (χ0v) is 9.10. The fraction of sp³-hybridized carbons (Fsp3) is 0.455. The molecular weight excluding hydrogens is 212 g/mol. The van der Waals surface area contributed by atoms with Crippen molar-refractivity contribution in [2.75, 3.05) is 13.2 Å². The minimum atomic E-state index is -0.533. The van der Waals surface area contributed by atoms with E-state index in [0.29, 0.717) is 12.2 Å². The van der Waals surface area contributed by atoms with E-state index in [1.807, 2.05) is 0 Å². The standard InChI is InChI=1S/C11H14O5/c1-2-14-11(13)8-16-10(12)6-5-9-4-3-7-15-9/h3-4,7H,2,5-6,8H2,1H3. The molecule has 1 aromatic heterocycles. The molecule has 0 bridgehead atoms. The van der Waals surface area contributed by atoms with Crippen molar-refractivity contribution in [2.24, 2.45) is 0 Å². The summed E-state index contributed by atoms with van der Waals surface area (Å²) in [6.07, 6.45) is 2.20. The molecule has 0 unspecified atom stereocenters. The van der Waals surface area contributed by atoms with Crippen molar-refractivity contribution >= 4 is 11.9 Å². The highest BCUT2D eigenvalue weighted by molar-refractivity contribution is 5.76. The van der Waals surface area contributed by atoms with Crippen LogP contribution in [0.5, 0.6) is 0 Å². The monoisotopic (exact) mass is 226 g/mol. The number of furan rings is 1. The van der Waals surface area contributed by atoms with E-state index in [-0.39, 0.29) is 19.6 Å². The van der Waals surface area contributed by atoms with E-state index in [2.05, 4.69) is 4.74 Å². The Morgan fingerprint density at radius 1 is 1.31 bits per heavy atom. The zero-order valence-electron chi connectivity index (χ0n) is 9.10. The Labute approximate surface area is 93.3 Å². The smallest absolute Gasteiger partial charge is 0.344 e. The van der Waals surface area contributed by atoms with Gasteiger partial charge in [0.15, 0.2) is 6.61 Å². The van der Waals surface area contributed by atoms with Crippen LogP contribution in [-0.2, 0) is 25.5 Å². The Balaban J connectivity index is 2.14. The molecular formula is C11H14O5. The van der Waals surface area contributed by atoms with Crippen LogP contribution in [0.1, 0.15) is 19.1 Å². The molecule has 0 aliphatic rings. The van der Waals surface area contributed by atoms with Crippen LogP contribution in [0.15, 0.2) is 22.8 Å². The Morgan fingerprint density at radius 2 is 2.12 bits per heavy atom. The fourth-order valence-corrected chi connectivity index (χ4v) is 1.09. The molecule has 0 aliphatic carbocycles. The maximum Gasteiger partial charge on any atom is 0.344 e. The van der Waals surface area contributed by atoms with Gasteiger partial charge in [-0.2, -0.15) is 0 Å². The molecule has 0 aromatic carbocycles. The molecule has 0 saturated carbocycles. The third-order valence-electron chi connectivity index (χ3n) is 1.81. The van der Waals surface area contributed by atoms with Crippen LogP contribution in [0.2, 0.25) is 0 Å². The highest BCUT2D eigenvalue weighted by Gasteiger charge is 2.08. The van der Waals surface area contributed by atoms with Gasteiger partial charge in [0.1, 0.15) is 5.76 Å². The van der Waals surface area contributed by atoms with Gasteiger partial charge in [-0.1, -0.05) is 0 Å². The summed E-state index contributed by atoms with van der Waals surface area (Å²) in [5.74, 6) is -0.258. The molecule has 5 nitrogen and oxygen atoms in total. The van der Waals surface area contributed by atoms with Gasteiger partial charge in [-0.05, 0) is 19.1 Å². The van der Waals surface area contributed by atoms with Crippen LogP contribution in [0.4, 0.5) is 0 Å². The summed E-state index contributed by atoms with van der Waals surface area (Å²) in [6.45, 7) is 1.64. The van der Waals surface area contributed by atoms with Crippen molar-refractivity contribution in [3.63, 3.8) is 0 Å². The predicted molar refractivity (Wildman–Crippen MR) is 54.6 cm³/mol. The molecule has 16 heavy (non-hydrogen) atoms. The molecule has 1 heterocycles. The van der Waals surface area contributed by atoms with Gasteiger partial charge in [0.05, 0.1) is 19.3 Å². The van der Waals surface area contributed by atoms with E-state index in [1.54, 1.807) is 25.3 Å². The first-order valence-corrected chi connectivity index (χ1v) is 5.06. The van der Waals surface area contributed by atoms with Gasteiger partial charge in [-0.25, -0.2) is 4.79 Å². The second kappa shape index (κ2) is 6.66. The summed E-state index contributed by atoms with van der Waals surface area (Å²) < 4.78 is 14.4. The lowest BCUT2D eigenvalue weighted by Gasteiger charge is -2.03. The Hall–Kier alpha value is -1.78. The van der Waals surface area contributed by atoms with Crippen LogP contribution in [0.3, 0.4) is 0 Å². The van der Waals surface area contributed by atoms with Crippen molar-refractivity contribution in [2.45, 2.75) is 19.8 Å². The van der Waals surface area contributed by atoms with Gasteiger partial charge in [0.25, 0.3) is 0 Å². The van der Waals surface area contributed by atoms with Crippen LogP contribution in [0.25, 0.3) is 0 Å². The second-order valence-corrected chi connectivity index (χ2v) is 3.05. The van der Waals surface area contributed by atoms with Gasteiger partial charge in [-0.15, -0.1) is 0 Å². The van der Waals surface area contributed by atoms with E-state index >= 15 is 0 Å². The van der Waals surface area contributed by atoms with Crippen LogP contribution in [0, 0.1) is 0 Å². The van der Waals surface area contributed by atoms with E-state index in [9.17, 15) is 9.59 Å². The summed E-state index contributed by atoms with van der Waals surface area (Å²) >= 11 is 0. The molecule has 1 rings (SSSR count). The number of rotatable bonds is 6. The highest BCUT2D eigenvalue weighted by atomic mass is 16.6.